The number of benzene rings is 2. The van der Waals surface area contributed by atoms with Gasteiger partial charge in [-0.3, -0.25) is 0 Å². The van der Waals surface area contributed by atoms with Crippen molar-refractivity contribution in [3.8, 4) is 0 Å². The maximum Gasteiger partial charge on any atom is 0.416 e. The van der Waals surface area contributed by atoms with Crippen molar-refractivity contribution in [3.05, 3.63) is 64.5 Å². The van der Waals surface area contributed by atoms with E-state index in [2.05, 4.69) is 10.2 Å². The van der Waals surface area contributed by atoms with E-state index in [4.69, 9.17) is 0 Å². The second-order valence-electron chi connectivity index (χ2n) is 5.28. The summed E-state index contributed by atoms with van der Waals surface area (Å²) in [6.45, 7) is 1.65. The number of halogens is 3. The van der Waals surface area contributed by atoms with Crippen LogP contribution in [-0.2, 0) is 13.2 Å². The molecule has 0 fully saturated rings. The predicted molar refractivity (Wildman–Crippen MR) is 90.0 cm³/mol. The highest BCUT2D eigenvalue weighted by Gasteiger charge is 2.30. The molecule has 0 aliphatic carbocycles. The van der Waals surface area contributed by atoms with Crippen molar-refractivity contribution >= 4 is 27.3 Å². The van der Waals surface area contributed by atoms with Gasteiger partial charge in [-0.1, -0.05) is 35.6 Å². The molecule has 1 heterocycles. The van der Waals surface area contributed by atoms with Gasteiger partial charge in [0, 0.05) is 7.05 Å². The maximum absolute atomic E-state index is 12.8. The molecule has 1 aromatic heterocycles. The van der Waals surface area contributed by atoms with Crippen LogP contribution in [-0.4, -0.2) is 10.3 Å². The first-order valence-corrected chi connectivity index (χ1v) is 7.98. The lowest BCUT2D eigenvalue weighted by Gasteiger charge is -2.07. The fourth-order valence-electron chi connectivity index (χ4n) is 2.27. The molecule has 2 aromatic carbocycles. The van der Waals surface area contributed by atoms with Crippen LogP contribution in [0.1, 0.15) is 18.1 Å². The molecule has 0 atom stereocenters. The van der Waals surface area contributed by atoms with Crippen molar-refractivity contribution in [2.24, 2.45) is 17.3 Å². The first-order valence-electron chi connectivity index (χ1n) is 7.17. The Bertz CT molecular complexity index is 980. The minimum Gasteiger partial charge on any atom is -0.318 e. The molecule has 24 heavy (non-hydrogen) atoms. The van der Waals surface area contributed by atoms with Crippen LogP contribution in [0.5, 0.6) is 0 Å². The molecular formula is C17H14F3N3S. The first kappa shape index (κ1) is 16.4. The van der Waals surface area contributed by atoms with Crippen LogP contribution < -0.4 is 4.80 Å². The van der Waals surface area contributed by atoms with E-state index in [9.17, 15) is 13.2 Å². The van der Waals surface area contributed by atoms with E-state index in [1.807, 2.05) is 35.9 Å². The van der Waals surface area contributed by atoms with Crippen LogP contribution in [0.2, 0.25) is 0 Å². The van der Waals surface area contributed by atoms with Gasteiger partial charge in [0.1, 0.15) is 0 Å². The van der Waals surface area contributed by atoms with Crippen LogP contribution in [0, 0.1) is 0 Å². The van der Waals surface area contributed by atoms with Gasteiger partial charge in [-0.15, -0.1) is 5.10 Å². The zero-order valence-electron chi connectivity index (χ0n) is 13.0. The van der Waals surface area contributed by atoms with Gasteiger partial charge in [0.25, 0.3) is 0 Å². The Kier molecular flexibility index (Phi) is 4.28. The number of nitrogens with zero attached hydrogens (tertiary/aromatic N) is 3. The molecule has 0 aliphatic rings. The largest absolute Gasteiger partial charge is 0.416 e. The molecule has 0 saturated heterocycles. The highest BCUT2D eigenvalue weighted by atomic mass is 32.1. The van der Waals surface area contributed by atoms with E-state index in [-0.39, 0.29) is 0 Å². The van der Waals surface area contributed by atoms with Gasteiger partial charge in [0.05, 0.1) is 21.5 Å². The van der Waals surface area contributed by atoms with Crippen molar-refractivity contribution in [1.29, 1.82) is 0 Å². The quantitative estimate of drug-likeness (QED) is 0.479. The summed E-state index contributed by atoms with van der Waals surface area (Å²) in [5, 5.41) is 8.31. The van der Waals surface area contributed by atoms with Crippen LogP contribution in [0.15, 0.2) is 58.7 Å². The highest BCUT2D eigenvalue weighted by Crippen LogP contribution is 2.29. The van der Waals surface area contributed by atoms with E-state index in [0.717, 1.165) is 22.3 Å². The number of rotatable bonds is 2. The third-order valence-electron chi connectivity index (χ3n) is 3.61. The normalized spacial score (nSPS) is 13.7. The van der Waals surface area contributed by atoms with Crippen LogP contribution in [0.3, 0.4) is 0 Å². The van der Waals surface area contributed by atoms with Gasteiger partial charge in [0.15, 0.2) is 0 Å². The van der Waals surface area contributed by atoms with Crippen molar-refractivity contribution in [1.82, 2.24) is 4.57 Å². The van der Waals surface area contributed by atoms with Gasteiger partial charge >= 0.3 is 6.18 Å². The summed E-state index contributed by atoms with van der Waals surface area (Å²) in [6, 6.07) is 12.9. The molecule has 0 unspecified atom stereocenters. The summed E-state index contributed by atoms with van der Waals surface area (Å²) in [5.41, 5.74) is 1.17. The van der Waals surface area contributed by atoms with Crippen molar-refractivity contribution < 1.29 is 13.2 Å². The topological polar surface area (TPSA) is 29.6 Å². The second-order valence-corrected chi connectivity index (χ2v) is 6.28. The highest BCUT2D eigenvalue weighted by molar-refractivity contribution is 7.16. The monoisotopic (exact) mass is 349 g/mol. The van der Waals surface area contributed by atoms with Gasteiger partial charge in [-0.05, 0) is 36.8 Å². The lowest BCUT2D eigenvalue weighted by molar-refractivity contribution is -0.137. The number of aryl methyl sites for hydroxylation is 1. The molecule has 124 valence electrons. The summed E-state index contributed by atoms with van der Waals surface area (Å²) < 4.78 is 41.3. The average Bonchev–Trinajstić information content (AvgIpc) is 2.88. The number of hydrogen-bond acceptors (Lipinski definition) is 3. The summed E-state index contributed by atoms with van der Waals surface area (Å²) in [6.07, 6.45) is -4.37. The Morgan fingerprint density at radius 1 is 1.08 bits per heavy atom. The zero-order chi connectivity index (χ0) is 17.3. The first-order chi connectivity index (χ1) is 11.4. The third kappa shape index (κ3) is 3.26. The summed E-state index contributed by atoms with van der Waals surface area (Å²) >= 11 is 1.48. The lowest BCUT2D eigenvalue weighted by Crippen LogP contribution is -2.10. The number of fused-ring (bicyclic) bond motifs is 1. The molecule has 0 radical (unpaired) electrons. The van der Waals surface area contributed by atoms with Crippen LogP contribution in [0.4, 0.5) is 13.2 Å². The molecule has 0 aliphatic heterocycles. The smallest absolute Gasteiger partial charge is 0.318 e. The number of alkyl halides is 3. The average molecular weight is 349 g/mol. The Labute approximate surface area is 140 Å². The molecule has 7 heteroatoms. The standard InChI is InChI=1S/C17H14F3N3S/c1-11(12-6-5-7-13(10-12)17(18,19)20)21-22-16-23(2)14-8-3-4-9-15(14)24-16/h3-10H,1-2H3/b21-11+,22-16+. The zero-order valence-corrected chi connectivity index (χ0v) is 13.8. The van der Waals surface area contributed by atoms with Crippen LogP contribution >= 0.6 is 11.3 Å². The molecular weight excluding hydrogens is 335 g/mol. The Morgan fingerprint density at radius 3 is 2.54 bits per heavy atom. The fraction of sp³-hybridized carbons (Fsp3) is 0.176. The number of para-hydroxylation sites is 1. The Morgan fingerprint density at radius 2 is 1.83 bits per heavy atom. The fourth-order valence-corrected chi connectivity index (χ4v) is 3.24. The van der Waals surface area contributed by atoms with Gasteiger partial charge in [-0.2, -0.15) is 18.3 Å². The molecule has 3 rings (SSSR count). The maximum atomic E-state index is 12.8. The minimum absolute atomic E-state index is 0.400. The van der Waals surface area contributed by atoms with Crippen molar-refractivity contribution in [2.75, 3.05) is 0 Å². The molecule has 3 aromatic rings. The Balaban J connectivity index is 2.00. The van der Waals surface area contributed by atoms with E-state index in [1.165, 1.54) is 17.4 Å². The molecule has 0 N–H and O–H groups in total. The van der Waals surface area contributed by atoms with E-state index in [1.54, 1.807) is 13.0 Å². The molecule has 0 bridgehead atoms. The predicted octanol–water partition coefficient (Wildman–Crippen LogP) is 4.58. The third-order valence-corrected chi connectivity index (χ3v) is 4.71. The summed E-state index contributed by atoms with van der Waals surface area (Å²) in [5.74, 6) is 0. The van der Waals surface area contributed by atoms with Crippen LogP contribution in [0.25, 0.3) is 10.2 Å². The van der Waals surface area contributed by atoms with Gasteiger partial charge < -0.3 is 4.57 Å². The number of hydrogen-bond donors (Lipinski definition) is 0. The molecule has 0 saturated carbocycles. The van der Waals surface area contributed by atoms with E-state index in [0.29, 0.717) is 16.1 Å². The van der Waals surface area contributed by atoms with Crippen molar-refractivity contribution in [3.63, 3.8) is 0 Å². The minimum atomic E-state index is -4.37. The SMILES string of the molecule is C/C(=N\N=c1\sc2ccccc2n1C)c1cccc(C(F)(F)F)c1. The van der Waals surface area contributed by atoms with E-state index < -0.39 is 11.7 Å². The summed E-state index contributed by atoms with van der Waals surface area (Å²) in [7, 11) is 1.88. The van der Waals surface area contributed by atoms with E-state index >= 15 is 0 Å². The summed E-state index contributed by atoms with van der Waals surface area (Å²) in [4.78, 5) is 0.683. The lowest BCUT2D eigenvalue weighted by atomic mass is 10.1. The Hall–Kier alpha value is -2.41. The number of aromatic nitrogens is 1. The molecule has 0 amide bonds. The molecule has 0 spiro atoms. The van der Waals surface area contributed by atoms with Crippen molar-refractivity contribution in [2.45, 2.75) is 13.1 Å². The second kappa shape index (κ2) is 6.24. The molecule has 3 nitrogen and oxygen atoms in total. The number of thiazole rings is 1. The van der Waals surface area contributed by atoms with Gasteiger partial charge in [-0.25, -0.2) is 0 Å². The van der Waals surface area contributed by atoms with Gasteiger partial charge in [0.2, 0.25) is 4.80 Å².